The number of benzene rings is 10. The molecule has 0 aliphatic carbocycles. The van der Waals surface area contributed by atoms with E-state index in [1.54, 1.807) is 78.1 Å². The predicted molar refractivity (Wildman–Crippen MR) is 302 cm³/mol. The van der Waals surface area contributed by atoms with Crippen LogP contribution in [0.25, 0.3) is 147 Å². The number of para-hydroxylation sites is 6. The molecule has 9 heteroatoms. The number of aromatic nitrogens is 7. The summed E-state index contributed by atoms with van der Waals surface area (Å²) in [5.74, 6) is -0.530. The van der Waals surface area contributed by atoms with Crippen LogP contribution in [0.1, 0.15) is 15.1 Å². The summed E-state index contributed by atoms with van der Waals surface area (Å²) in [7, 11) is 0. The molecule has 0 radical (unpaired) electrons. The van der Waals surface area contributed by atoms with Crippen LogP contribution in [0.15, 0.2) is 218 Å². The van der Waals surface area contributed by atoms with E-state index in [0.29, 0.717) is 54.9 Å². The van der Waals surface area contributed by atoms with E-state index < -0.39 is 30.2 Å². The lowest BCUT2D eigenvalue weighted by molar-refractivity contribution is 0.891. The molecule has 0 spiro atoms. The molecule has 0 amide bonds. The minimum atomic E-state index is -0.510. The Morgan fingerprint density at radius 2 is 0.904 bits per heavy atom. The van der Waals surface area contributed by atoms with Crippen LogP contribution in [-0.4, -0.2) is 33.2 Å². The molecule has 16 rings (SSSR count). The van der Waals surface area contributed by atoms with E-state index in [-0.39, 0.29) is 92.7 Å². The Morgan fingerprint density at radius 1 is 0.397 bits per heavy atom. The van der Waals surface area contributed by atoms with Crippen molar-refractivity contribution < 1.29 is 15.1 Å². The predicted octanol–water partition coefficient (Wildman–Crippen LogP) is 16.8. The number of hydrogen-bond acceptors (Lipinski definition) is 4. The fourth-order valence-electron chi connectivity index (χ4n) is 11.1. The van der Waals surface area contributed by atoms with Gasteiger partial charge in [0.1, 0.15) is 0 Å². The summed E-state index contributed by atoms with van der Waals surface area (Å²) in [5.41, 5.74) is 4.00. The Hall–Kier alpha value is -9.88. The molecule has 0 N–H and O–H groups in total. The highest BCUT2D eigenvalue weighted by Crippen LogP contribution is 2.47. The van der Waals surface area contributed by atoms with Gasteiger partial charge in [0.05, 0.1) is 82.7 Å². The third-order valence-electron chi connectivity index (χ3n) is 14.1. The lowest BCUT2D eigenvalue weighted by atomic mass is 10.1. The van der Waals surface area contributed by atoms with Gasteiger partial charge < -0.3 is 9.13 Å². The van der Waals surface area contributed by atoms with Crippen molar-refractivity contribution in [1.29, 1.82) is 0 Å². The molecule has 0 bridgehead atoms. The molecule has 0 aliphatic heterocycles. The van der Waals surface area contributed by atoms with Crippen molar-refractivity contribution in [1.82, 2.24) is 33.2 Å². The lowest BCUT2D eigenvalue weighted by Gasteiger charge is -2.20. The van der Waals surface area contributed by atoms with Crippen molar-refractivity contribution in [3.8, 4) is 34.7 Å². The summed E-state index contributed by atoms with van der Waals surface area (Å²) in [6, 6.07) is 42.5. The second-order valence-corrected chi connectivity index (χ2v) is 18.9. The number of nitrogens with zero attached hydrogens (tertiary/aromatic N) is 8. The van der Waals surface area contributed by atoms with E-state index in [1.165, 1.54) is 9.13 Å². The topological polar surface area (TPSA) is 62.8 Å². The van der Waals surface area contributed by atoms with Gasteiger partial charge in [-0.25, -0.2) is 4.85 Å². The highest BCUT2D eigenvalue weighted by Gasteiger charge is 2.28. The van der Waals surface area contributed by atoms with Gasteiger partial charge in [-0.1, -0.05) is 145 Å². The summed E-state index contributed by atoms with van der Waals surface area (Å²) < 4.78 is 113. The lowest BCUT2D eigenvalue weighted by Crippen LogP contribution is -2.12. The first-order valence-corrected chi connectivity index (χ1v) is 24.2. The van der Waals surface area contributed by atoms with E-state index in [9.17, 15) is 9.60 Å². The molecule has 16 aromatic rings. The zero-order valence-corrected chi connectivity index (χ0v) is 38.7. The normalized spacial score (nSPS) is 14.2. The van der Waals surface area contributed by atoms with E-state index >= 15 is 0 Å². The van der Waals surface area contributed by atoms with Crippen molar-refractivity contribution >= 4 is 124 Å². The minimum Gasteiger partial charge on any atom is -0.309 e. The monoisotopic (exact) mass is 959 g/mol. The number of fused-ring (bicyclic) bond motifs is 16. The maximum absolute atomic E-state index is 10.5. The molecule has 10 aromatic carbocycles. The van der Waals surface area contributed by atoms with Crippen LogP contribution < -0.4 is 0 Å². The largest absolute Gasteiger partial charge is 0.309 e. The number of hydrogen-bond donors (Lipinski definition) is 0. The van der Waals surface area contributed by atoms with Crippen molar-refractivity contribution in [2.75, 3.05) is 0 Å². The van der Waals surface area contributed by atoms with E-state index in [0.717, 1.165) is 36.3 Å². The van der Waals surface area contributed by atoms with Gasteiger partial charge in [-0.15, -0.1) is 11.3 Å². The average molecular weight is 960 g/mol. The Morgan fingerprint density at radius 3 is 1.53 bits per heavy atom. The molecule has 0 atom stereocenters. The molecule has 0 fully saturated rings. The SMILES string of the molecule is [2H]c1c([2H])c(-n2c3ccccc3c3cc([N+]#[C-])ccc32)c(-c2nc(-n3c4ccccc4c4c([2H])c([2H])c([2H])c([2H])c43)nc(-n3c4ccccc4c4c([2H])c([2H])c([2H])c([2H])c43)n2)c(-n2c3ccccc3c3ccc4sc5ccccc5c4c32)c1[2H]. The number of thiophene rings is 1. The average Bonchev–Trinajstić information content (AvgIpc) is 1.58. The van der Waals surface area contributed by atoms with Gasteiger partial charge in [0.15, 0.2) is 11.5 Å². The summed E-state index contributed by atoms with van der Waals surface area (Å²) >= 11 is 1.62. The maximum Gasteiger partial charge on any atom is 0.240 e. The summed E-state index contributed by atoms with van der Waals surface area (Å²) in [4.78, 5) is 19.9. The third kappa shape index (κ3) is 5.55. The Balaban J connectivity index is 1.18. The van der Waals surface area contributed by atoms with Gasteiger partial charge in [0.2, 0.25) is 11.9 Å². The fraction of sp³-hybridized carbons (Fsp3) is 0. The molecular weight excluding hydrogens is 913 g/mol. The highest BCUT2D eigenvalue weighted by atomic mass is 32.1. The van der Waals surface area contributed by atoms with Crippen LogP contribution in [-0.2, 0) is 0 Å². The van der Waals surface area contributed by atoms with Crippen molar-refractivity contribution in [3.63, 3.8) is 0 Å². The minimum absolute atomic E-state index is 0.0332. The molecule has 0 saturated heterocycles. The van der Waals surface area contributed by atoms with Crippen LogP contribution in [0.3, 0.4) is 0 Å². The van der Waals surface area contributed by atoms with Gasteiger partial charge in [0, 0.05) is 57.9 Å². The van der Waals surface area contributed by atoms with Crippen molar-refractivity contribution in [3.05, 3.63) is 230 Å². The molecule has 6 aromatic heterocycles. The van der Waals surface area contributed by atoms with Crippen molar-refractivity contribution in [2.24, 2.45) is 0 Å². The first kappa shape index (κ1) is 30.7. The maximum atomic E-state index is 10.5. The molecule has 0 unspecified atom stereocenters. The molecule has 0 saturated carbocycles. The zero-order chi connectivity index (χ0) is 57.5. The highest BCUT2D eigenvalue weighted by molar-refractivity contribution is 7.26. The van der Waals surface area contributed by atoms with E-state index in [4.69, 9.17) is 27.0 Å². The zero-order valence-electron chi connectivity index (χ0n) is 48.9. The molecule has 0 aliphatic rings. The molecule has 6 heterocycles. The summed E-state index contributed by atoms with van der Waals surface area (Å²) in [5, 5.41) is 6.21. The van der Waals surface area contributed by atoms with E-state index in [2.05, 4.69) is 29.1 Å². The standard InChI is InChI=1S/C64H36N8S/c1-65-38-33-35-54-47(37-38)44-22-7-9-24-48(44)69(54)55-30-16-31-56(70-49-25-10-6-21-43(49)45-34-36-58-59(61(45)70)46-23-8-15-32-57(46)73-58)60(55)62-66-63(71-50-26-11-2-17-39(50)40-18-3-12-27-51(40)71)68-64(67-62)72-52-28-13-4-19-41(52)42-20-5-14-29-53(42)72/h2-37H/i2D,4D,11D,13D,16D,17D,19D,26D,28D,30D,31D. The van der Waals surface area contributed by atoms with Gasteiger partial charge in [-0.2, -0.15) is 15.0 Å². The first-order chi connectivity index (χ1) is 40.8. The Kier molecular flexibility index (Phi) is 6.33. The second-order valence-electron chi connectivity index (χ2n) is 17.8. The molecular formula is C64H36N8S. The Labute approximate surface area is 435 Å². The van der Waals surface area contributed by atoms with Crippen LogP contribution in [0.4, 0.5) is 5.69 Å². The van der Waals surface area contributed by atoms with Crippen LogP contribution in [0.2, 0.25) is 0 Å². The third-order valence-corrected chi connectivity index (χ3v) is 15.2. The Bertz CT molecular complexity index is 5600. The van der Waals surface area contributed by atoms with Gasteiger partial charge in [0.25, 0.3) is 0 Å². The van der Waals surface area contributed by atoms with Crippen LogP contribution in [0, 0.1) is 6.57 Å². The number of rotatable bonds is 5. The smallest absolute Gasteiger partial charge is 0.240 e. The van der Waals surface area contributed by atoms with Gasteiger partial charge in [-0.05, 0) is 78.1 Å². The first-order valence-electron chi connectivity index (χ1n) is 28.9. The summed E-state index contributed by atoms with van der Waals surface area (Å²) in [6.45, 7) is 8.05. The summed E-state index contributed by atoms with van der Waals surface area (Å²) in [6.07, 6.45) is 0. The molecule has 73 heavy (non-hydrogen) atoms. The quantitative estimate of drug-likeness (QED) is 0.161. The van der Waals surface area contributed by atoms with Crippen molar-refractivity contribution in [2.45, 2.75) is 0 Å². The van der Waals surface area contributed by atoms with E-state index in [1.807, 2.05) is 69.8 Å². The fourth-order valence-corrected chi connectivity index (χ4v) is 12.2. The van der Waals surface area contributed by atoms with Crippen LogP contribution >= 0.6 is 11.3 Å². The second kappa shape index (κ2) is 15.1. The molecule has 338 valence electrons. The van der Waals surface area contributed by atoms with Gasteiger partial charge >= 0.3 is 0 Å². The van der Waals surface area contributed by atoms with Gasteiger partial charge in [-0.3, -0.25) is 9.13 Å². The molecule has 8 nitrogen and oxygen atoms in total. The van der Waals surface area contributed by atoms with Crippen LogP contribution in [0.5, 0.6) is 0 Å².